The number of sulfonamides is 1. The molecule has 6 heteroatoms. The summed E-state index contributed by atoms with van der Waals surface area (Å²) in [5.74, 6) is 1.05. The zero-order valence-electron chi connectivity index (χ0n) is 11.4. The Labute approximate surface area is 129 Å². The summed E-state index contributed by atoms with van der Waals surface area (Å²) in [6.45, 7) is 1.27. The number of benzene rings is 1. The third kappa shape index (κ3) is 4.28. The van der Waals surface area contributed by atoms with E-state index in [1.165, 1.54) is 0 Å². The molecule has 1 aliphatic rings. The van der Waals surface area contributed by atoms with Crippen LogP contribution >= 0.6 is 15.9 Å². The molecule has 1 fully saturated rings. The van der Waals surface area contributed by atoms with Gasteiger partial charge in [-0.25, -0.2) is 13.1 Å². The summed E-state index contributed by atoms with van der Waals surface area (Å²) in [7, 11) is -3.39. The maximum absolute atomic E-state index is 12.2. The molecule has 3 N–H and O–H groups in total. The SMILES string of the molecule is NC[C@H]1CC[C@@H](CNS(=O)(=O)c2ccc(Br)cc2)CC1. The van der Waals surface area contributed by atoms with Crippen molar-refractivity contribution in [2.45, 2.75) is 30.6 Å². The van der Waals surface area contributed by atoms with E-state index in [0.717, 1.165) is 36.7 Å². The lowest BCUT2D eigenvalue weighted by atomic mass is 9.82. The molecule has 0 amide bonds. The van der Waals surface area contributed by atoms with Crippen LogP contribution in [0.3, 0.4) is 0 Å². The second kappa shape index (κ2) is 7.02. The highest BCUT2D eigenvalue weighted by atomic mass is 79.9. The van der Waals surface area contributed by atoms with E-state index in [1.54, 1.807) is 24.3 Å². The normalized spacial score (nSPS) is 23.7. The lowest BCUT2D eigenvalue weighted by molar-refractivity contribution is 0.280. The van der Waals surface area contributed by atoms with Gasteiger partial charge in [0.05, 0.1) is 4.90 Å². The summed E-state index contributed by atoms with van der Waals surface area (Å²) in [6.07, 6.45) is 4.35. The van der Waals surface area contributed by atoms with Crippen LogP contribution in [-0.2, 0) is 10.0 Å². The smallest absolute Gasteiger partial charge is 0.240 e. The van der Waals surface area contributed by atoms with Gasteiger partial charge in [-0.15, -0.1) is 0 Å². The Morgan fingerprint density at radius 1 is 1.10 bits per heavy atom. The van der Waals surface area contributed by atoms with Gasteiger partial charge in [0.1, 0.15) is 0 Å². The minimum atomic E-state index is -3.39. The van der Waals surface area contributed by atoms with Crippen LogP contribution in [0.4, 0.5) is 0 Å². The molecule has 0 aliphatic heterocycles. The van der Waals surface area contributed by atoms with Gasteiger partial charge in [-0.3, -0.25) is 0 Å². The van der Waals surface area contributed by atoms with Crippen molar-refractivity contribution in [2.24, 2.45) is 17.6 Å². The van der Waals surface area contributed by atoms with Crippen molar-refractivity contribution in [1.29, 1.82) is 0 Å². The molecule has 0 atom stereocenters. The Bertz CT molecular complexity index is 523. The van der Waals surface area contributed by atoms with E-state index < -0.39 is 10.0 Å². The first-order chi connectivity index (χ1) is 9.51. The van der Waals surface area contributed by atoms with Crippen LogP contribution < -0.4 is 10.5 Å². The Hall–Kier alpha value is -0.430. The van der Waals surface area contributed by atoms with Gasteiger partial charge in [0.15, 0.2) is 0 Å². The monoisotopic (exact) mass is 360 g/mol. The number of rotatable bonds is 5. The Morgan fingerprint density at radius 3 is 2.20 bits per heavy atom. The number of nitrogens with two attached hydrogens (primary N) is 1. The zero-order chi connectivity index (χ0) is 14.6. The molecule has 1 aliphatic carbocycles. The molecular formula is C14H21BrN2O2S. The first-order valence-corrected chi connectivity index (χ1v) is 9.24. The molecule has 1 saturated carbocycles. The van der Waals surface area contributed by atoms with Crippen LogP contribution in [-0.4, -0.2) is 21.5 Å². The average molecular weight is 361 g/mol. The first-order valence-electron chi connectivity index (χ1n) is 6.96. The minimum absolute atomic E-state index is 0.316. The van der Waals surface area contributed by atoms with Crippen LogP contribution in [0.15, 0.2) is 33.6 Å². The maximum Gasteiger partial charge on any atom is 0.240 e. The number of nitrogens with one attached hydrogen (secondary N) is 1. The standard InChI is InChI=1S/C14H21BrN2O2S/c15-13-5-7-14(8-6-13)20(18,19)17-10-12-3-1-11(9-16)2-4-12/h5-8,11-12,17H,1-4,9-10,16H2/t11-,12+. The highest BCUT2D eigenvalue weighted by Crippen LogP contribution is 2.27. The molecule has 0 spiro atoms. The Morgan fingerprint density at radius 2 is 1.65 bits per heavy atom. The maximum atomic E-state index is 12.2. The molecule has 0 bridgehead atoms. The van der Waals surface area contributed by atoms with Crippen molar-refractivity contribution < 1.29 is 8.42 Å². The quantitative estimate of drug-likeness (QED) is 0.846. The van der Waals surface area contributed by atoms with E-state index in [-0.39, 0.29) is 0 Å². The number of hydrogen-bond acceptors (Lipinski definition) is 3. The lowest BCUT2D eigenvalue weighted by Gasteiger charge is -2.27. The molecule has 0 unspecified atom stereocenters. The van der Waals surface area contributed by atoms with Gasteiger partial charge < -0.3 is 5.73 Å². The lowest BCUT2D eigenvalue weighted by Crippen LogP contribution is -2.32. The van der Waals surface area contributed by atoms with Crippen molar-refractivity contribution in [3.05, 3.63) is 28.7 Å². The molecule has 1 aromatic rings. The molecule has 0 radical (unpaired) electrons. The summed E-state index contributed by atoms with van der Waals surface area (Å²) in [5, 5.41) is 0. The predicted octanol–water partition coefficient (Wildman–Crippen LogP) is 2.49. The van der Waals surface area contributed by atoms with Gasteiger partial charge >= 0.3 is 0 Å². The summed E-state index contributed by atoms with van der Waals surface area (Å²) < 4.78 is 27.9. The zero-order valence-corrected chi connectivity index (χ0v) is 13.8. The van der Waals surface area contributed by atoms with Crippen LogP contribution in [0.5, 0.6) is 0 Å². The highest BCUT2D eigenvalue weighted by molar-refractivity contribution is 9.10. The van der Waals surface area contributed by atoms with Gasteiger partial charge in [0.2, 0.25) is 10.0 Å². The molecular weight excluding hydrogens is 340 g/mol. The number of hydrogen-bond donors (Lipinski definition) is 2. The van der Waals surface area contributed by atoms with Crippen molar-refractivity contribution in [1.82, 2.24) is 4.72 Å². The minimum Gasteiger partial charge on any atom is -0.330 e. The van der Waals surface area contributed by atoms with Gasteiger partial charge in [-0.2, -0.15) is 0 Å². The van der Waals surface area contributed by atoms with Gasteiger partial charge in [0.25, 0.3) is 0 Å². The van der Waals surface area contributed by atoms with Gasteiger partial charge in [0, 0.05) is 11.0 Å². The second-order valence-electron chi connectivity index (χ2n) is 5.43. The molecule has 0 heterocycles. The van der Waals surface area contributed by atoms with E-state index in [9.17, 15) is 8.42 Å². The summed E-state index contributed by atoms with van der Waals surface area (Å²) in [5.41, 5.74) is 5.66. The van der Waals surface area contributed by atoms with E-state index in [4.69, 9.17) is 5.73 Å². The van der Waals surface area contributed by atoms with Crippen molar-refractivity contribution >= 4 is 26.0 Å². The van der Waals surface area contributed by atoms with E-state index >= 15 is 0 Å². The molecule has 1 aromatic carbocycles. The molecule has 112 valence electrons. The largest absolute Gasteiger partial charge is 0.330 e. The highest BCUT2D eigenvalue weighted by Gasteiger charge is 2.22. The average Bonchev–Trinajstić information content (AvgIpc) is 2.46. The molecule has 0 saturated heterocycles. The summed E-state index contributed by atoms with van der Waals surface area (Å²) >= 11 is 3.30. The van der Waals surface area contributed by atoms with Crippen LogP contribution in [0.2, 0.25) is 0 Å². The van der Waals surface area contributed by atoms with Crippen molar-refractivity contribution in [3.8, 4) is 0 Å². The number of halogens is 1. The third-order valence-corrected chi connectivity index (χ3v) is 5.95. The van der Waals surface area contributed by atoms with E-state index in [2.05, 4.69) is 20.7 Å². The topological polar surface area (TPSA) is 72.2 Å². The third-order valence-electron chi connectivity index (χ3n) is 3.99. The molecule has 4 nitrogen and oxygen atoms in total. The summed E-state index contributed by atoms with van der Waals surface area (Å²) in [6, 6.07) is 6.69. The van der Waals surface area contributed by atoms with Crippen LogP contribution in [0.1, 0.15) is 25.7 Å². The molecule has 0 aromatic heterocycles. The van der Waals surface area contributed by atoms with E-state index in [0.29, 0.717) is 23.3 Å². The van der Waals surface area contributed by atoms with Crippen molar-refractivity contribution in [3.63, 3.8) is 0 Å². The fourth-order valence-corrected chi connectivity index (χ4v) is 3.98. The van der Waals surface area contributed by atoms with E-state index in [1.807, 2.05) is 0 Å². The molecule has 2 rings (SSSR count). The first kappa shape index (κ1) is 15.9. The van der Waals surface area contributed by atoms with Crippen LogP contribution in [0, 0.1) is 11.8 Å². The fourth-order valence-electron chi connectivity index (χ4n) is 2.60. The summed E-state index contributed by atoms with van der Waals surface area (Å²) in [4.78, 5) is 0.316. The predicted molar refractivity (Wildman–Crippen MR) is 83.8 cm³/mol. The second-order valence-corrected chi connectivity index (χ2v) is 8.11. The van der Waals surface area contributed by atoms with Crippen LogP contribution in [0.25, 0.3) is 0 Å². The van der Waals surface area contributed by atoms with Gasteiger partial charge in [-0.05, 0) is 68.3 Å². The van der Waals surface area contributed by atoms with Gasteiger partial charge in [-0.1, -0.05) is 15.9 Å². The Balaban J connectivity index is 1.88. The van der Waals surface area contributed by atoms with Crippen molar-refractivity contribution in [2.75, 3.05) is 13.1 Å². The Kier molecular flexibility index (Phi) is 5.60. The molecule has 20 heavy (non-hydrogen) atoms. The fraction of sp³-hybridized carbons (Fsp3) is 0.571.